The van der Waals surface area contributed by atoms with E-state index in [0.29, 0.717) is 32.0 Å². The molecule has 1 saturated heterocycles. The molecule has 0 aromatic carbocycles. The fourth-order valence-corrected chi connectivity index (χ4v) is 4.25. The topological polar surface area (TPSA) is 75.4 Å². The van der Waals surface area contributed by atoms with E-state index in [1.165, 1.54) is 0 Å². The third kappa shape index (κ3) is 5.02. The van der Waals surface area contributed by atoms with Crippen molar-refractivity contribution < 1.29 is 8.42 Å². The predicted molar refractivity (Wildman–Crippen MR) is 78.9 cm³/mol. The van der Waals surface area contributed by atoms with Crippen LogP contribution in [-0.4, -0.2) is 38.4 Å². The Morgan fingerprint density at radius 1 is 1.42 bits per heavy atom. The third-order valence-electron chi connectivity index (χ3n) is 3.75. The maximum absolute atomic E-state index is 12.4. The molecule has 1 fully saturated rings. The molecule has 6 heteroatoms. The van der Waals surface area contributed by atoms with E-state index in [9.17, 15) is 8.42 Å². The summed E-state index contributed by atoms with van der Waals surface area (Å²) in [6, 6.07) is -0.125. The van der Waals surface area contributed by atoms with Crippen LogP contribution < -0.4 is 10.5 Å². The third-order valence-corrected chi connectivity index (χ3v) is 5.35. The van der Waals surface area contributed by atoms with Crippen LogP contribution in [0.1, 0.15) is 47.0 Å². The lowest BCUT2D eigenvalue weighted by Gasteiger charge is -2.35. The Hall–Kier alpha value is -0.170. The summed E-state index contributed by atoms with van der Waals surface area (Å²) in [6.45, 7) is 9.94. The second-order valence-electron chi connectivity index (χ2n) is 6.72. The number of hydrogen-bond acceptors (Lipinski definition) is 3. The smallest absolute Gasteiger partial charge is 0.279 e. The Bertz CT molecular complexity index is 376. The standard InChI is InChI=1S/C13H29N3O2S/c1-11-6-5-9-16(10-11)19(17,18)15-12(7-8-14)13(2,3)4/h11-12,15H,5-10,14H2,1-4H3. The number of nitrogens with one attached hydrogen (secondary N) is 1. The van der Waals surface area contributed by atoms with E-state index in [1.807, 2.05) is 20.8 Å². The highest BCUT2D eigenvalue weighted by Gasteiger charge is 2.33. The fraction of sp³-hybridized carbons (Fsp3) is 1.00. The van der Waals surface area contributed by atoms with Gasteiger partial charge in [0.1, 0.15) is 0 Å². The summed E-state index contributed by atoms with van der Waals surface area (Å²) in [5, 5.41) is 0. The van der Waals surface area contributed by atoms with Gasteiger partial charge in [-0.05, 0) is 37.1 Å². The summed E-state index contributed by atoms with van der Waals surface area (Å²) >= 11 is 0. The van der Waals surface area contributed by atoms with Gasteiger partial charge in [0.15, 0.2) is 0 Å². The van der Waals surface area contributed by atoms with E-state index in [1.54, 1.807) is 4.31 Å². The van der Waals surface area contributed by atoms with Gasteiger partial charge < -0.3 is 5.73 Å². The molecule has 0 radical (unpaired) electrons. The lowest BCUT2D eigenvalue weighted by Crippen LogP contribution is -2.52. The fourth-order valence-electron chi connectivity index (χ4n) is 2.45. The van der Waals surface area contributed by atoms with Crippen LogP contribution in [0.5, 0.6) is 0 Å². The second kappa shape index (κ2) is 6.52. The zero-order chi connectivity index (χ0) is 14.7. The Labute approximate surface area is 118 Å². The molecule has 0 saturated carbocycles. The molecule has 1 aliphatic heterocycles. The molecule has 0 amide bonds. The quantitative estimate of drug-likeness (QED) is 0.802. The molecule has 1 aliphatic rings. The normalized spacial score (nSPS) is 24.4. The highest BCUT2D eigenvalue weighted by atomic mass is 32.2. The average molecular weight is 291 g/mol. The molecule has 2 unspecified atom stereocenters. The molecule has 0 aromatic rings. The molecule has 19 heavy (non-hydrogen) atoms. The van der Waals surface area contributed by atoms with Crippen molar-refractivity contribution in [1.82, 2.24) is 9.03 Å². The molecule has 2 atom stereocenters. The summed E-state index contributed by atoms with van der Waals surface area (Å²) in [6.07, 6.45) is 2.71. The minimum absolute atomic E-state index is 0.125. The lowest BCUT2D eigenvalue weighted by atomic mass is 9.85. The first kappa shape index (κ1) is 16.9. The Balaban J connectivity index is 2.76. The van der Waals surface area contributed by atoms with Crippen LogP contribution in [0.15, 0.2) is 0 Å². The maximum atomic E-state index is 12.4. The van der Waals surface area contributed by atoms with E-state index in [4.69, 9.17) is 5.73 Å². The van der Waals surface area contributed by atoms with Crippen molar-refractivity contribution >= 4 is 10.2 Å². The van der Waals surface area contributed by atoms with E-state index in [2.05, 4.69) is 11.6 Å². The van der Waals surface area contributed by atoms with Crippen molar-refractivity contribution in [1.29, 1.82) is 0 Å². The van der Waals surface area contributed by atoms with Crippen LogP contribution in [0.4, 0.5) is 0 Å². The Morgan fingerprint density at radius 2 is 2.05 bits per heavy atom. The number of nitrogens with zero attached hydrogens (tertiary/aromatic N) is 1. The summed E-state index contributed by atoms with van der Waals surface area (Å²) in [5.74, 6) is 0.438. The molecule has 0 bridgehead atoms. The SMILES string of the molecule is CC1CCCN(S(=O)(=O)NC(CCN)C(C)(C)C)C1. The highest BCUT2D eigenvalue weighted by molar-refractivity contribution is 7.87. The molecule has 1 heterocycles. The molecule has 1 rings (SSSR count). The van der Waals surface area contributed by atoms with Crippen LogP contribution in [0, 0.1) is 11.3 Å². The van der Waals surface area contributed by atoms with Gasteiger partial charge in [0.2, 0.25) is 0 Å². The predicted octanol–water partition coefficient (Wildman–Crippen LogP) is 1.32. The minimum Gasteiger partial charge on any atom is -0.330 e. The van der Waals surface area contributed by atoms with Crippen molar-refractivity contribution in [3.05, 3.63) is 0 Å². The van der Waals surface area contributed by atoms with Crippen molar-refractivity contribution in [2.24, 2.45) is 17.1 Å². The van der Waals surface area contributed by atoms with Crippen LogP contribution in [0.25, 0.3) is 0 Å². The molecule has 0 spiro atoms. The monoisotopic (exact) mass is 291 g/mol. The summed E-state index contributed by atoms with van der Waals surface area (Å²) in [4.78, 5) is 0. The van der Waals surface area contributed by atoms with Crippen LogP contribution in [0.3, 0.4) is 0 Å². The summed E-state index contributed by atoms with van der Waals surface area (Å²) in [7, 11) is -3.39. The molecular formula is C13H29N3O2S. The van der Waals surface area contributed by atoms with E-state index in [-0.39, 0.29) is 11.5 Å². The molecule has 0 aromatic heterocycles. The molecular weight excluding hydrogens is 262 g/mol. The Kier molecular flexibility index (Phi) is 5.79. The summed E-state index contributed by atoms with van der Waals surface area (Å²) in [5.41, 5.74) is 5.47. The average Bonchev–Trinajstić information content (AvgIpc) is 2.27. The lowest BCUT2D eigenvalue weighted by molar-refractivity contribution is 0.255. The molecule has 114 valence electrons. The Morgan fingerprint density at radius 3 is 2.53 bits per heavy atom. The number of rotatable bonds is 5. The van der Waals surface area contributed by atoms with Crippen LogP contribution in [0.2, 0.25) is 0 Å². The molecule has 3 N–H and O–H groups in total. The van der Waals surface area contributed by atoms with Crippen molar-refractivity contribution in [2.75, 3.05) is 19.6 Å². The molecule has 5 nitrogen and oxygen atoms in total. The zero-order valence-electron chi connectivity index (χ0n) is 12.6. The largest absolute Gasteiger partial charge is 0.330 e. The first-order valence-corrected chi connectivity index (χ1v) is 8.58. The van der Waals surface area contributed by atoms with E-state index >= 15 is 0 Å². The number of nitrogens with two attached hydrogens (primary N) is 1. The van der Waals surface area contributed by atoms with Crippen molar-refractivity contribution in [2.45, 2.75) is 53.0 Å². The molecule has 0 aliphatic carbocycles. The summed E-state index contributed by atoms with van der Waals surface area (Å²) < 4.78 is 29.3. The van der Waals surface area contributed by atoms with Crippen molar-refractivity contribution in [3.63, 3.8) is 0 Å². The van der Waals surface area contributed by atoms with Gasteiger partial charge in [-0.1, -0.05) is 27.7 Å². The zero-order valence-corrected chi connectivity index (χ0v) is 13.5. The van der Waals surface area contributed by atoms with Crippen LogP contribution in [-0.2, 0) is 10.2 Å². The van der Waals surface area contributed by atoms with Gasteiger partial charge in [0.25, 0.3) is 10.2 Å². The number of piperidine rings is 1. The van der Waals surface area contributed by atoms with Crippen LogP contribution >= 0.6 is 0 Å². The van der Waals surface area contributed by atoms with Gasteiger partial charge >= 0.3 is 0 Å². The van der Waals surface area contributed by atoms with Gasteiger partial charge in [-0.15, -0.1) is 0 Å². The van der Waals surface area contributed by atoms with Crippen molar-refractivity contribution in [3.8, 4) is 0 Å². The van der Waals surface area contributed by atoms with Gasteiger partial charge in [-0.3, -0.25) is 0 Å². The maximum Gasteiger partial charge on any atom is 0.279 e. The van der Waals surface area contributed by atoms with E-state index < -0.39 is 10.2 Å². The minimum atomic E-state index is -3.39. The first-order chi connectivity index (χ1) is 8.66. The second-order valence-corrected chi connectivity index (χ2v) is 8.43. The first-order valence-electron chi connectivity index (χ1n) is 7.14. The van der Waals surface area contributed by atoms with Gasteiger partial charge in [-0.2, -0.15) is 17.4 Å². The van der Waals surface area contributed by atoms with Gasteiger partial charge in [0, 0.05) is 19.1 Å². The van der Waals surface area contributed by atoms with Gasteiger partial charge in [-0.25, -0.2) is 0 Å². The highest BCUT2D eigenvalue weighted by Crippen LogP contribution is 2.24. The van der Waals surface area contributed by atoms with E-state index in [0.717, 1.165) is 12.8 Å². The number of hydrogen-bond donors (Lipinski definition) is 2. The van der Waals surface area contributed by atoms with Gasteiger partial charge in [0.05, 0.1) is 0 Å².